The average Bonchev–Trinajstić information content (AvgIpc) is 3.74. The molecule has 0 saturated heterocycles. The van der Waals surface area contributed by atoms with Crippen LogP contribution in [0.25, 0.3) is 104 Å². The normalized spacial score (nSPS) is 11.6. The van der Waals surface area contributed by atoms with Crippen molar-refractivity contribution in [3.63, 3.8) is 0 Å². The molecular formula is C64H42N2. The zero-order chi connectivity index (χ0) is 43.6. The molecule has 0 radical (unpaired) electrons. The number of para-hydroxylation sites is 1. The average molecular weight is 839 g/mol. The van der Waals surface area contributed by atoms with E-state index < -0.39 is 0 Å². The minimum Gasteiger partial charge on any atom is -0.310 e. The Morgan fingerprint density at radius 2 is 0.879 bits per heavy atom. The van der Waals surface area contributed by atoms with Gasteiger partial charge in [-0.3, -0.25) is 0 Å². The van der Waals surface area contributed by atoms with Crippen LogP contribution in [0.1, 0.15) is 0 Å². The molecule has 0 amide bonds. The number of hydrogen-bond donors (Lipinski definition) is 0. The predicted octanol–water partition coefficient (Wildman–Crippen LogP) is 17.9. The van der Waals surface area contributed by atoms with Crippen molar-refractivity contribution in [1.82, 2.24) is 4.57 Å². The maximum atomic E-state index is 2.48. The number of fused-ring (bicyclic) bond motifs is 9. The van der Waals surface area contributed by atoms with Crippen molar-refractivity contribution < 1.29 is 0 Å². The van der Waals surface area contributed by atoms with E-state index in [-0.39, 0.29) is 0 Å². The Bertz CT molecular complexity index is 3990. The lowest BCUT2D eigenvalue weighted by Gasteiger charge is -2.29. The second-order valence-electron chi connectivity index (χ2n) is 17.3. The van der Waals surface area contributed by atoms with E-state index in [1.54, 1.807) is 0 Å². The summed E-state index contributed by atoms with van der Waals surface area (Å²) >= 11 is 0. The molecule has 1 aromatic heterocycles. The molecule has 13 aromatic rings. The van der Waals surface area contributed by atoms with E-state index in [4.69, 9.17) is 0 Å². The zero-order valence-electron chi connectivity index (χ0n) is 36.1. The molecule has 0 spiro atoms. The van der Waals surface area contributed by atoms with Gasteiger partial charge in [0.05, 0.1) is 16.7 Å². The summed E-state index contributed by atoms with van der Waals surface area (Å²) in [6.45, 7) is 0. The summed E-state index contributed by atoms with van der Waals surface area (Å²) in [4.78, 5) is 2.47. The zero-order valence-corrected chi connectivity index (χ0v) is 36.1. The van der Waals surface area contributed by atoms with Crippen molar-refractivity contribution in [1.29, 1.82) is 0 Å². The molecule has 0 fully saturated rings. The highest BCUT2D eigenvalue weighted by molar-refractivity contribution is 6.19. The highest BCUT2D eigenvalue weighted by Crippen LogP contribution is 2.46. The minimum atomic E-state index is 1.07. The Morgan fingerprint density at radius 1 is 0.273 bits per heavy atom. The van der Waals surface area contributed by atoms with Crippen molar-refractivity contribution in [2.24, 2.45) is 0 Å². The van der Waals surface area contributed by atoms with Gasteiger partial charge in [-0.25, -0.2) is 0 Å². The molecule has 0 N–H and O–H groups in total. The number of nitrogens with zero attached hydrogens (tertiary/aromatic N) is 2. The molecule has 0 bridgehead atoms. The van der Waals surface area contributed by atoms with E-state index in [0.717, 1.165) is 33.9 Å². The number of benzene rings is 12. The summed E-state index contributed by atoms with van der Waals surface area (Å²) in [5.74, 6) is 0. The van der Waals surface area contributed by atoms with Gasteiger partial charge in [0.2, 0.25) is 0 Å². The maximum Gasteiger partial charge on any atom is 0.0619 e. The van der Waals surface area contributed by atoms with Gasteiger partial charge in [0.25, 0.3) is 0 Å². The number of rotatable bonds is 7. The van der Waals surface area contributed by atoms with E-state index in [9.17, 15) is 0 Å². The first-order chi connectivity index (χ1) is 32.7. The summed E-state index contributed by atoms with van der Waals surface area (Å²) in [5, 5.41) is 12.4. The van der Waals surface area contributed by atoms with Crippen LogP contribution in [-0.2, 0) is 0 Å². The van der Waals surface area contributed by atoms with Crippen LogP contribution in [-0.4, -0.2) is 4.57 Å². The molecule has 0 atom stereocenters. The summed E-state index contributed by atoms with van der Waals surface area (Å²) in [6, 6.07) is 93.5. The minimum absolute atomic E-state index is 1.07. The van der Waals surface area contributed by atoms with Gasteiger partial charge >= 0.3 is 0 Å². The maximum absolute atomic E-state index is 2.48. The van der Waals surface area contributed by atoms with Gasteiger partial charge in [0, 0.05) is 38.8 Å². The molecule has 1 heterocycles. The lowest BCUT2D eigenvalue weighted by atomic mass is 9.93. The topological polar surface area (TPSA) is 8.17 Å². The third-order valence-electron chi connectivity index (χ3n) is 13.5. The van der Waals surface area contributed by atoms with Gasteiger partial charge in [-0.15, -0.1) is 0 Å². The highest BCUT2D eigenvalue weighted by Gasteiger charge is 2.22. The molecule has 0 aliphatic rings. The quantitative estimate of drug-likeness (QED) is 0.145. The summed E-state index contributed by atoms with van der Waals surface area (Å²) in [6.07, 6.45) is 0. The van der Waals surface area contributed by atoms with E-state index >= 15 is 0 Å². The van der Waals surface area contributed by atoms with Crippen LogP contribution in [0.2, 0.25) is 0 Å². The molecule has 308 valence electrons. The summed E-state index contributed by atoms with van der Waals surface area (Å²) in [5.41, 5.74) is 13.8. The van der Waals surface area contributed by atoms with Gasteiger partial charge in [-0.05, 0) is 114 Å². The van der Waals surface area contributed by atoms with Gasteiger partial charge < -0.3 is 9.47 Å². The number of anilines is 3. The molecule has 0 aliphatic carbocycles. The van der Waals surface area contributed by atoms with Gasteiger partial charge in [-0.2, -0.15) is 0 Å². The number of aromatic nitrogens is 1. The molecule has 0 aliphatic heterocycles. The first-order valence-electron chi connectivity index (χ1n) is 22.8. The van der Waals surface area contributed by atoms with Crippen LogP contribution >= 0.6 is 0 Å². The largest absolute Gasteiger partial charge is 0.310 e. The summed E-state index contributed by atoms with van der Waals surface area (Å²) < 4.78 is 2.48. The van der Waals surface area contributed by atoms with Crippen LogP contribution in [0.15, 0.2) is 255 Å². The Morgan fingerprint density at radius 3 is 1.70 bits per heavy atom. The SMILES string of the molecule is c1ccc(-c2ccc(-n3c4ccccc4c4ccc5ccccc5c43)cc2N(c2ccc(-c3cc4ccccc4c4ccccc34)cc2)c2cccc(-c3cccc4ccccc34)c2)cc1. The second-order valence-corrected chi connectivity index (χ2v) is 17.3. The summed E-state index contributed by atoms with van der Waals surface area (Å²) in [7, 11) is 0. The van der Waals surface area contributed by atoms with Crippen LogP contribution < -0.4 is 4.90 Å². The Labute approximate surface area is 383 Å². The Balaban J connectivity index is 1.07. The molecule has 12 aromatic carbocycles. The first-order valence-corrected chi connectivity index (χ1v) is 22.8. The third kappa shape index (κ3) is 6.18. The standard InChI is InChI=1S/C64H42N2/c1-2-16-44(17-3-1)55-39-37-51(66-62-31-13-12-29-59(62)60-38-34-45-19-5-9-26-56(45)64(60)66)42-63(55)65(50-23-14-22-47(40-50)53-30-15-21-43-18-4-7-24-52(43)53)49-35-32-46(33-36-49)61-41-48-20-6-8-25-54(48)57-27-10-11-28-58(57)61/h1-42H. The van der Waals surface area contributed by atoms with Crippen molar-refractivity contribution in [2.75, 3.05) is 4.90 Å². The van der Waals surface area contributed by atoms with Crippen molar-refractivity contribution in [3.8, 4) is 39.1 Å². The molecular weight excluding hydrogens is 797 g/mol. The first kappa shape index (κ1) is 37.8. The van der Waals surface area contributed by atoms with Gasteiger partial charge in [-0.1, -0.05) is 206 Å². The van der Waals surface area contributed by atoms with E-state index in [0.29, 0.717) is 0 Å². The van der Waals surface area contributed by atoms with E-state index in [1.165, 1.54) is 87.1 Å². The van der Waals surface area contributed by atoms with Crippen LogP contribution in [0, 0.1) is 0 Å². The van der Waals surface area contributed by atoms with Gasteiger partial charge in [0.1, 0.15) is 0 Å². The fourth-order valence-electron chi connectivity index (χ4n) is 10.5. The van der Waals surface area contributed by atoms with Crippen molar-refractivity contribution in [3.05, 3.63) is 255 Å². The smallest absolute Gasteiger partial charge is 0.0619 e. The Hall–Kier alpha value is -8.72. The van der Waals surface area contributed by atoms with Crippen LogP contribution in [0.5, 0.6) is 0 Å². The van der Waals surface area contributed by atoms with E-state index in [2.05, 4.69) is 264 Å². The second kappa shape index (κ2) is 15.5. The highest BCUT2D eigenvalue weighted by atomic mass is 15.1. The van der Waals surface area contributed by atoms with Crippen LogP contribution in [0.3, 0.4) is 0 Å². The lowest BCUT2D eigenvalue weighted by molar-refractivity contribution is 1.17. The lowest BCUT2D eigenvalue weighted by Crippen LogP contribution is -2.12. The van der Waals surface area contributed by atoms with Crippen molar-refractivity contribution >= 4 is 82.0 Å². The third-order valence-corrected chi connectivity index (χ3v) is 13.5. The number of hydrogen-bond acceptors (Lipinski definition) is 1. The molecule has 13 rings (SSSR count). The molecule has 2 heteroatoms. The molecule has 66 heavy (non-hydrogen) atoms. The molecule has 2 nitrogen and oxygen atoms in total. The van der Waals surface area contributed by atoms with E-state index in [1.807, 2.05) is 0 Å². The van der Waals surface area contributed by atoms with Crippen LogP contribution in [0.4, 0.5) is 17.1 Å². The predicted molar refractivity (Wildman–Crippen MR) is 282 cm³/mol. The molecule has 0 saturated carbocycles. The Kier molecular flexibility index (Phi) is 8.89. The van der Waals surface area contributed by atoms with Gasteiger partial charge in [0.15, 0.2) is 0 Å². The fourth-order valence-corrected chi connectivity index (χ4v) is 10.5. The van der Waals surface area contributed by atoms with Crippen molar-refractivity contribution in [2.45, 2.75) is 0 Å². The molecule has 0 unspecified atom stereocenters. The fraction of sp³-hybridized carbons (Fsp3) is 0. The monoisotopic (exact) mass is 838 g/mol.